The quantitative estimate of drug-likeness (QED) is 0.268. The Labute approximate surface area is 139 Å². The summed E-state index contributed by atoms with van der Waals surface area (Å²) in [5.74, 6) is -2.00. The third kappa shape index (κ3) is 4.99. The first kappa shape index (κ1) is 19.3. The number of aliphatic imine (C=N–C) groups is 1. The van der Waals surface area contributed by atoms with Crippen molar-refractivity contribution in [1.29, 1.82) is 0 Å². The molecule has 0 bridgehead atoms. The second-order valence-corrected chi connectivity index (χ2v) is 4.61. The van der Waals surface area contributed by atoms with Gasteiger partial charge in [0.2, 0.25) is 6.04 Å². The van der Waals surface area contributed by atoms with Gasteiger partial charge in [-0.3, -0.25) is 4.48 Å². The molecule has 0 aromatic carbocycles. The van der Waals surface area contributed by atoms with Gasteiger partial charge in [-0.05, 0) is 12.5 Å². The maximum absolute atomic E-state index is 11.4. The molecular formula is C12H20N2NaO5+. The van der Waals surface area contributed by atoms with Crippen molar-refractivity contribution < 1.29 is 29.0 Å². The molecule has 0 aliphatic carbocycles. The first-order valence-electron chi connectivity index (χ1n) is 5.94. The number of quaternary nitrogens is 1. The normalized spacial score (nSPS) is 22.1. The van der Waals surface area contributed by atoms with Crippen molar-refractivity contribution >= 4 is 47.8 Å². The number of nitrogens with zero attached hydrogens (tertiary/aromatic N) is 2. The molecule has 0 radical (unpaired) electrons. The van der Waals surface area contributed by atoms with Crippen LogP contribution in [0.3, 0.4) is 0 Å². The van der Waals surface area contributed by atoms with Crippen LogP contribution in [-0.4, -0.2) is 101 Å². The summed E-state index contributed by atoms with van der Waals surface area (Å²) >= 11 is 0. The molecule has 0 amide bonds. The standard InChI is InChI=1S/C12H18N2O5.Na.H/c1-9(2)11(12(17)18)14(4-3-13-8-14)5-6-19-7-10(15)16;;/h8,11H,1,3-7H2,2H3,(H-,15,16,17,18);;/p+1. The first-order chi connectivity index (χ1) is 8.89. The SMILES string of the molecule is C=C(C)C(C(=O)O)[N+]1(CCOCC(=O)O)C=NCC1.[NaH]. The number of hydrogen-bond acceptors (Lipinski definition) is 4. The maximum atomic E-state index is 11.4. The Balaban J connectivity index is 0.00000361. The third-order valence-corrected chi connectivity index (χ3v) is 3.05. The molecule has 0 spiro atoms. The van der Waals surface area contributed by atoms with E-state index in [4.69, 9.17) is 9.84 Å². The Morgan fingerprint density at radius 1 is 1.50 bits per heavy atom. The predicted octanol–water partition coefficient (Wildman–Crippen LogP) is -0.673. The molecule has 1 aliphatic heterocycles. The van der Waals surface area contributed by atoms with Crippen LogP contribution in [0.25, 0.3) is 0 Å². The van der Waals surface area contributed by atoms with E-state index in [0.29, 0.717) is 25.2 Å². The number of carboxylic acids is 2. The molecule has 1 heterocycles. The Morgan fingerprint density at radius 2 is 2.15 bits per heavy atom. The number of ether oxygens (including phenoxy) is 1. The van der Waals surface area contributed by atoms with Gasteiger partial charge in [0.1, 0.15) is 19.7 Å². The topological polar surface area (TPSA) is 96.2 Å². The van der Waals surface area contributed by atoms with Crippen molar-refractivity contribution in [3.05, 3.63) is 12.2 Å². The average molecular weight is 295 g/mol. The Kier molecular flexibility index (Phi) is 8.22. The van der Waals surface area contributed by atoms with E-state index in [1.807, 2.05) is 0 Å². The van der Waals surface area contributed by atoms with E-state index in [-0.39, 0.29) is 47.3 Å². The average Bonchev–Trinajstić information content (AvgIpc) is 2.72. The molecule has 7 nitrogen and oxygen atoms in total. The van der Waals surface area contributed by atoms with Gasteiger partial charge in [-0.2, -0.15) is 0 Å². The molecule has 0 fully saturated rings. The van der Waals surface area contributed by atoms with E-state index in [2.05, 4.69) is 11.6 Å². The second-order valence-electron chi connectivity index (χ2n) is 4.61. The van der Waals surface area contributed by atoms with Gasteiger partial charge in [0.25, 0.3) is 0 Å². The Bertz CT molecular complexity index is 399. The molecule has 0 aromatic rings. The number of carbonyl (C=O) groups is 2. The molecule has 0 aromatic heterocycles. The molecule has 2 N–H and O–H groups in total. The van der Waals surface area contributed by atoms with Crippen LogP contribution in [-0.2, 0) is 14.3 Å². The molecule has 1 rings (SSSR count). The predicted molar refractivity (Wildman–Crippen MR) is 75.2 cm³/mol. The Morgan fingerprint density at radius 3 is 2.55 bits per heavy atom. The summed E-state index contributed by atoms with van der Waals surface area (Å²) in [7, 11) is 0. The minimum atomic E-state index is -1.05. The summed E-state index contributed by atoms with van der Waals surface area (Å²) in [6.45, 7) is 6.64. The number of aliphatic carboxylic acids is 2. The van der Waals surface area contributed by atoms with E-state index >= 15 is 0 Å². The summed E-state index contributed by atoms with van der Waals surface area (Å²) in [4.78, 5) is 25.9. The zero-order valence-corrected chi connectivity index (χ0v) is 10.9. The summed E-state index contributed by atoms with van der Waals surface area (Å²) < 4.78 is 5.12. The third-order valence-electron chi connectivity index (χ3n) is 3.05. The van der Waals surface area contributed by atoms with Crippen molar-refractivity contribution in [3.63, 3.8) is 0 Å². The second kappa shape index (κ2) is 8.53. The minimum absolute atomic E-state index is 0. The Hall–Kier alpha value is -0.730. The fourth-order valence-corrected chi connectivity index (χ4v) is 2.28. The van der Waals surface area contributed by atoms with Crippen LogP contribution in [0.5, 0.6) is 0 Å². The van der Waals surface area contributed by atoms with Crippen LogP contribution >= 0.6 is 0 Å². The van der Waals surface area contributed by atoms with Crippen LogP contribution in [0.4, 0.5) is 0 Å². The fraction of sp³-hybridized carbons (Fsp3) is 0.583. The van der Waals surface area contributed by atoms with E-state index in [9.17, 15) is 14.7 Å². The molecule has 2 unspecified atom stereocenters. The monoisotopic (exact) mass is 295 g/mol. The molecule has 0 saturated carbocycles. The van der Waals surface area contributed by atoms with Crippen LogP contribution in [0, 0.1) is 0 Å². The van der Waals surface area contributed by atoms with Crippen molar-refractivity contribution in [1.82, 2.24) is 0 Å². The van der Waals surface area contributed by atoms with Crippen molar-refractivity contribution in [2.75, 3.05) is 32.8 Å². The van der Waals surface area contributed by atoms with E-state index < -0.39 is 18.0 Å². The van der Waals surface area contributed by atoms with Gasteiger partial charge in [0.05, 0.1) is 13.2 Å². The van der Waals surface area contributed by atoms with Crippen molar-refractivity contribution in [2.24, 2.45) is 4.99 Å². The van der Waals surface area contributed by atoms with Crippen LogP contribution < -0.4 is 0 Å². The molecular weight excluding hydrogens is 275 g/mol. The summed E-state index contributed by atoms with van der Waals surface area (Å²) in [5.41, 5.74) is 0.541. The fourth-order valence-electron chi connectivity index (χ4n) is 2.28. The van der Waals surface area contributed by atoms with E-state index in [1.54, 1.807) is 13.3 Å². The van der Waals surface area contributed by atoms with Gasteiger partial charge in [-0.25, -0.2) is 14.6 Å². The van der Waals surface area contributed by atoms with Gasteiger partial charge in [0, 0.05) is 0 Å². The molecule has 8 heteroatoms. The van der Waals surface area contributed by atoms with Crippen molar-refractivity contribution in [2.45, 2.75) is 13.0 Å². The van der Waals surface area contributed by atoms with Crippen LogP contribution in [0.2, 0.25) is 0 Å². The molecule has 1 aliphatic rings. The number of carboxylic acid groups (broad SMARTS) is 2. The van der Waals surface area contributed by atoms with E-state index in [1.165, 1.54) is 0 Å². The van der Waals surface area contributed by atoms with Gasteiger partial charge in [-0.15, -0.1) is 0 Å². The van der Waals surface area contributed by atoms with E-state index in [0.717, 1.165) is 0 Å². The van der Waals surface area contributed by atoms with Crippen LogP contribution in [0.15, 0.2) is 17.1 Å². The summed E-state index contributed by atoms with van der Waals surface area (Å²) in [6.07, 6.45) is 1.61. The van der Waals surface area contributed by atoms with Gasteiger partial charge < -0.3 is 14.9 Å². The van der Waals surface area contributed by atoms with Gasteiger partial charge in [0.15, 0.2) is 6.34 Å². The molecule has 2 atom stereocenters. The van der Waals surface area contributed by atoms with Crippen molar-refractivity contribution in [3.8, 4) is 0 Å². The van der Waals surface area contributed by atoms with Gasteiger partial charge in [-0.1, -0.05) is 6.58 Å². The zero-order valence-electron chi connectivity index (χ0n) is 10.9. The number of rotatable bonds is 8. The zero-order chi connectivity index (χ0) is 14.5. The molecule has 0 saturated heterocycles. The summed E-state index contributed by atoms with van der Waals surface area (Å²) in [5, 5.41) is 17.8. The first-order valence-corrected chi connectivity index (χ1v) is 5.94. The van der Waals surface area contributed by atoms with Crippen LogP contribution in [0.1, 0.15) is 6.92 Å². The molecule has 108 valence electrons. The molecule has 20 heavy (non-hydrogen) atoms. The summed E-state index contributed by atoms with van der Waals surface area (Å²) in [6, 6.07) is -0.778. The number of hydrogen-bond donors (Lipinski definition) is 2. The van der Waals surface area contributed by atoms with Gasteiger partial charge >= 0.3 is 41.5 Å².